The molecule has 0 aliphatic rings. The lowest BCUT2D eigenvalue weighted by atomic mass is 10.1. The number of hydrogen-bond donors (Lipinski definition) is 0. The summed E-state index contributed by atoms with van der Waals surface area (Å²) in [5.41, 5.74) is 4.25. The van der Waals surface area contributed by atoms with Gasteiger partial charge < -0.3 is 28.4 Å². The molecule has 0 aliphatic carbocycles. The van der Waals surface area contributed by atoms with Crippen LogP contribution in [-0.4, -0.2) is 87.8 Å². The van der Waals surface area contributed by atoms with E-state index in [2.05, 4.69) is 61.8 Å². The zero-order valence-corrected chi connectivity index (χ0v) is 36.9. The lowest BCUT2D eigenvalue weighted by Gasteiger charge is -2.32. The van der Waals surface area contributed by atoms with Crippen LogP contribution in [0.15, 0.2) is 97.1 Å². The van der Waals surface area contributed by atoms with Crippen molar-refractivity contribution in [1.29, 1.82) is 0 Å². The number of carbonyl (C=O) groups is 2. The van der Waals surface area contributed by atoms with Crippen LogP contribution in [-0.2, 0) is 44.7 Å². The number of para-hydroxylation sites is 2. The Bertz CT molecular complexity index is 1680. The highest BCUT2D eigenvalue weighted by atomic mass is 16.6. The van der Waals surface area contributed by atoms with Crippen molar-refractivity contribution in [3.63, 3.8) is 0 Å². The number of methoxy groups -OCH3 is 2. The van der Waals surface area contributed by atoms with E-state index < -0.39 is 24.4 Å². The Hall–Kier alpha value is -5.06. The van der Waals surface area contributed by atoms with E-state index in [1.54, 1.807) is 14.2 Å². The zero-order chi connectivity index (χ0) is 43.0. The summed E-state index contributed by atoms with van der Waals surface area (Å²) < 4.78 is 36.3. The number of carbonyl (C=O) groups excluding carboxylic acids is 2. The lowest BCUT2D eigenvalue weighted by molar-refractivity contribution is -0.186. The van der Waals surface area contributed by atoms with Gasteiger partial charge in [0.05, 0.1) is 27.4 Å². The average Bonchev–Trinajstić information content (AvgIpc) is 3.27. The highest BCUT2D eigenvalue weighted by molar-refractivity contribution is 6.29. The summed E-state index contributed by atoms with van der Waals surface area (Å²) in [4.78, 5) is 31.9. The summed E-state index contributed by atoms with van der Waals surface area (Å²) in [5, 5.41) is 0. The van der Waals surface area contributed by atoms with Crippen LogP contribution < -0.4 is 18.9 Å². The Kier molecular flexibility index (Phi) is 21.4. The van der Waals surface area contributed by atoms with Crippen molar-refractivity contribution in [2.24, 2.45) is 0 Å². The second-order valence-electron chi connectivity index (χ2n) is 14.9. The van der Waals surface area contributed by atoms with Crippen LogP contribution in [0.1, 0.15) is 88.5 Å². The molecule has 10 nitrogen and oxygen atoms in total. The molecule has 2 unspecified atom stereocenters. The van der Waals surface area contributed by atoms with Crippen LogP contribution in [0, 0.1) is 0 Å². The summed E-state index contributed by atoms with van der Waals surface area (Å²) in [6.07, 6.45) is 5.61. The average molecular weight is 825 g/mol. The SMILES string of the molecule is CCCN(CCC)C(CCc1cccc(OC)c1OCCc1ccccc1)OC(=O)C(=O)OC(CCc1cccc(OC)c1OCCc1ccccc1)N(CCC)CCC. The Labute approximate surface area is 359 Å². The third-order valence-electron chi connectivity index (χ3n) is 10.4. The van der Waals surface area contributed by atoms with E-state index in [9.17, 15) is 9.59 Å². The van der Waals surface area contributed by atoms with E-state index >= 15 is 0 Å². The minimum Gasteiger partial charge on any atom is -0.493 e. The normalized spacial score (nSPS) is 12.2. The van der Waals surface area contributed by atoms with Gasteiger partial charge in [-0.05, 0) is 72.9 Å². The van der Waals surface area contributed by atoms with Gasteiger partial charge in [0.15, 0.2) is 35.5 Å². The highest BCUT2D eigenvalue weighted by Gasteiger charge is 2.31. The van der Waals surface area contributed by atoms with Gasteiger partial charge in [-0.15, -0.1) is 0 Å². The molecule has 60 heavy (non-hydrogen) atoms. The molecule has 0 saturated heterocycles. The standard InChI is InChI=1S/C50H68N2O8/c1-7-33-51(34-8-2)45(29-27-41-23-17-25-43(55-5)47(41)57-37-31-39-19-13-11-14-20-39)59-49(53)50(54)60-46(52(35-9-3)36-10-4)30-28-42-24-18-26-44(56-6)48(42)58-38-32-40-21-15-12-16-22-40/h11-26,45-46H,7-10,27-38H2,1-6H3. The fourth-order valence-corrected chi connectivity index (χ4v) is 7.48. The van der Waals surface area contributed by atoms with E-state index in [1.165, 1.54) is 11.1 Å². The van der Waals surface area contributed by atoms with Gasteiger partial charge in [-0.25, -0.2) is 9.59 Å². The fraction of sp³-hybridized carbons (Fsp3) is 0.480. The third kappa shape index (κ3) is 15.2. The summed E-state index contributed by atoms with van der Waals surface area (Å²) >= 11 is 0. The number of nitrogens with zero attached hydrogens (tertiary/aromatic N) is 2. The molecular formula is C50H68N2O8. The maximum absolute atomic E-state index is 13.8. The number of benzene rings is 4. The first-order chi connectivity index (χ1) is 29.3. The first-order valence-corrected chi connectivity index (χ1v) is 21.9. The van der Waals surface area contributed by atoms with E-state index in [-0.39, 0.29) is 0 Å². The molecule has 0 N–H and O–H groups in total. The van der Waals surface area contributed by atoms with Gasteiger partial charge in [0.1, 0.15) is 0 Å². The Morgan fingerprint density at radius 2 is 0.850 bits per heavy atom. The smallest absolute Gasteiger partial charge is 0.419 e. The minimum absolute atomic E-state index is 0.450. The predicted octanol–water partition coefficient (Wildman–Crippen LogP) is 9.49. The molecule has 0 saturated carbocycles. The molecule has 4 rings (SSSR count). The van der Waals surface area contributed by atoms with Crippen molar-refractivity contribution in [2.75, 3.05) is 53.6 Å². The molecule has 0 amide bonds. The fourth-order valence-electron chi connectivity index (χ4n) is 7.48. The largest absolute Gasteiger partial charge is 0.493 e. The van der Waals surface area contributed by atoms with Crippen LogP contribution in [0.4, 0.5) is 0 Å². The molecule has 0 radical (unpaired) electrons. The third-order valence-corrected chi connectivity index (χ3v) is 10.4. The molecule has 0 aliphatic heterocycles. The van der Waals surface area contributed by atoms with Crippen molar-refractivity contribution < 1.29 is 38.0 Å². The van der Waals surface area contributed by atoms with Gasteiger partial charge >= 0.3 is 11.9 Å². The van der Waals surface area contributed by atoms with Crippen LogP contribution in [0.2, 0.25) is 0 Å². The first-order valence-electron chi connectivity index (χ1n) is 21.9. The van der Waals surface area contributed by atoms with E-state index in [0.717, 1.165) is 49.7 Å². The maximum atomic E-state index is 13.8. The maximum Gasteiger partial charge on any atom is 0.419 e. The van der Waals surface area contributed by atoms with E-state index in [0.29, 0.717) is 88.1 Å². The van der Waals surface area contributed by atoms with Gasteiger partial charge in [-0.2, -0.15) is 0 Å². The molecule has 0 bridgehead atoms. The van der Waals surface area contributed by atoms with Crippen molar-refractivity contribution in [3.05, 3.63) is 119 Å². The predicted molar refractivity (Wildman–Crippen MR) is 238 cm³/mol. The molecule has 10 heteroatoms. The van der Waals surface area contributed by atoms with Crippen LogP contribution in [0.5, 0.6) is 23.0 Å². The Morgan fingerprint density at radius 1 is 0.483 bits per heavy atom. The van der Waals surface area contributed by atoms with Gasteiger partial charge in [-0.3, -0.25) is 9.80 Å². The topological polar surface area (TPSA) is 96.0 Å². The second kappa shape index (κ2) is 26.9. The quantitative estimate of drug-likeness (QED) is 0.0313. The summed E-state index contributed by atoms with van der Waals surface area (Å²) in [6.45, 7) is 12.2. The van der Waals surface area contributed by atoms with Crippen LogP contribution >= 0.6 is 0 Å². The molecule has 0 fully saturated rings. The van der Waals surface area contributed by atoms with Crippen LogP contribution in [0.25, 0.3) is 0 Å². The lowest BCUT2D eigenvalue weighted by Crippen LogP contribution is -2.44. The first kappa shape index (κ1) is 47.6. The molecule has 0 aromatic heterocycles. The molecule has 326 valence electrons. The Balaban J connectivity index is 1.50. The van der Waals surface area contributed by atoms with E-state index in [4.69, 9.17) is 28.4 Å². The zero-order valence-electron chi connectivity index (χ0n) is 36.9. The molecule has 0 spiro atoms. The highest BCUT2D eigenvalue weighted by Crippen LogP contribution is 2.34. The van der Waals surface area contributed by atoms with Gasteiger partial charge in [-0.1, -0.05) is 113 Å². The molecule has 0 heterocycles. The molecule has 2 atom stereocenters. The van der Waals surface area contributed by atoms with Crippen molar-refractivity contribution >= 4 is 11.9 Å². The summed E-state index contributed by atoms with van der Waals surface area (Å²) in [7, 11) is 3.27. The van der Waals surface area contributed by atoms with Crippen LogP contribution in [0.3, 0.4) is 0 Å². The van der Waals surface area contributed by atoms with Gasteiger partial charge in [0.2, 0.25) is 0 Å². The number of esters is 2. The molecular weight excluding hydrogens is 757 g/mol. The summed E-state index contributed by atoms with van der Waals surface area (Å²) in [6, 6.07) is 32.1. The number of ether oxygens (including phenoxy) is 6. The van der Waals surface area contributed by atoms with Gasteiger partial charge in [0, 0.05) is 51.9 Å². The number of rotatable bonds is 28. The number of hydrogen-bond acceptors (Lipinski definition) is 10. The van der Waals surface area contributed by atoms with Gasteiger partial charge in [0.25, 0.3) is 0 Å². The van der Waals surface area contributed by atoms with Crippen molar-refractivity contribution in [3.8, 4) is 23.0 Å². The number of aryl methyl sites for hydroxylation is 2. The minimum atomic E-state index is -0.994. The molecule has 4 aromatic rings. The monoisotopic (exact) mass is 824 g/mol. The second-order valence-corrected chi connectivity index (χ2v) is 14.9. The summed E-state index contributed by atoms with van der Waals surface area (Å²) in [5.74, 6) is 0.650. The van der Waals surface area contributed by atoms with E-state index in [1.807, 2.05) is 72.8 Å². The van der Waals surface area contributed by atoms with Crippen molar-refractivity contribution in [1.82, 2.24) is 9.80 Å². The Morgan fingerprint density at radius 3 is 1.18 bits per heavy atom. The van der Waals surface area contributed by atoms with Crippen molar-refractivity contribution in [2.45, 2.75) is 104 Å². The molecule has 4 aromatic carbocycles.